The highest BCUT2D eigenvalue weighted by molar-refractivity contribution is 5.14. The van der Waals surface area contributed by atoms with E-state index in [4.69, 9.17) is 5.73 Å². The van der Waals surface area contributed by atoms with Crippen LogP contribution < -0.4 is 11.1 Å². The van der Waals surface area contributed by atoms with Gasteiger partial charge in [-0.1, -0.05) is 43.2 Å². The molecule has 0 radical (unpaired) electrons. The van der Waals surface area contributed by atoms with E-state index in [2.05, 4.69) is 35.6 Å². The molecule has 1 aliphatic rings. The summed E-state index contributed by atoms with van der Waals surface area (Å²) in [6.45, 7) is 2.96. The molecular formula is C15H24N2. The minimum absolute atomic E-state index is 0.743. The molecule has 2 rings (SSSR count). The fourth-order valence-corrected chi connectivity index (χ4v) is 2.86. The van der Waals surface area contributed by atoms with Crippen LogP contribution in [0.25, 0.3) is 0 Å². The molecule has 0 aromatic heterocycles. The van der Waals surface area contributed by atoms with Gasteiger partial charge < -0.3 is 11.1 Å². The number of nitrogens with two attached hydrogens (primary N) is 1. The molecule has 0 amide bonds. The molecular weight excluding hydrogens is 208 g/mol. The van der Waals surface area contributed by atoms with Gasteiger partial charge in [0.1, 0.15) is 0 Å². The Balaban J connectivity index is 1.74. The van der Waals surface area contributed by atoms with E-state index in [0.29, 0.717) is 0 Å². The molecule has 1 fully saturated rings. The second-order valence-corrected chi connectivity index (χ2v) is 5.16. The van der Waals surface area contributed by atoms with Crippen LogP contribution in [0.1, 0.15) is 31.2 Å². The Morgan fingerprint density at radius 2 is 1.76 bits per heavy atom. The van der Waals surface area contributed by atoms with Crippen LogP contribution in [0.2, 0.25) is 0 Å². The number of rotatable bonds is 5. The van der Waals surface area contributed by atoms with Gasteiger partial charge in [0.25, 0.3) is 0 Å². The largest absolute Gasteiger partial charge is 0.330 e. The fourth-order valence-electron chi connectivity index (χ4n) is 2.86. The summed E-state index contributed by atoms with van der Waals surface area (Å²) in [6.07, 6.45) is 5.43. The zero-order chi connectivity index (χ0) is 11.9. The molecule has 0 saturated heterocycles. The molecule has 0 bridgehead atoms. The lowest BCUT2D eigenvalue weighted by Gasteiger charge is -2.30. The van der Waals surface area contributed by atoms with E-state index in [9.17, 15) is 0 Å². The van der Waals surface area contributed by atoms with Gasteiger partial charge in [-0.2, -0.15) is 0 Å². The first-order valence-corrected chi connectivity index (χ1v) is 6.85. The van der Waals surface area contributed by atoms with Crippen molar-refractivity contribution < 1.29 is 0 Å². The smallest absolute Gasteiger partial charge is 0.0205 e. The second kappa shape index (κ2) is 6.77. The van der Waals surface area contributed by atoms with Gasteiger partial charge >= 0.3 is 0 Å². The van der Waals surface area contributed by atoms with Crippen molar-refractivity contribution in [2.45, 2.75) is 32.2 Å². The number of hydrogen-bond acceptors (Lipinski definition) is 2. The lowest BCUT2D eigenvalue weighted by Crippen LogP contribution is -2.34. The first-order valence-electron chi connectivity index (χ1n) is 6.85. The Kier molecular flexibility index (Phi) is 5.02. The quantitative estimate of drug-likeness (QED) is 0.818. The zero-order valence-corrected chi connectivity index (χ0v) is 10.6. The van der Waals surface area contributed by atoms with E-state index >= 15 is 0 Å². The van der Waals surface area contributed by atoms with Gasteiger partial charge in [0.05, 0.1) is 0 Å². The van der Waals surface area contributed by atoms with Gasteiger partial charge in [0.2, 0.25) is 0 Å². The normalized spacial score (nSPS) is 24.8. The summed E-state index contributed by atoms with van der Waals surface area (Å²) in [6, 6.07) is 10.6. The van der Waals surface area contributed by atoms with Crippen LogP contribution in [0.15, 0.2) is 30.3 Å². The van der Waals surface area contributed by atoms with Crippen LogP contribution in [-0.4, -0.2) is 13.1 Å². The molecule has 1 aromatic rings. The SMILES string of the molecule is NCC1CCCCC1CNCc1ccccc1. The molecule has 0 aliphatic heterocycles. The summed E-state index contributed by atoms with van der Waals surface area (Å²) < 4.78 is 0. The predicted octanol–water partition coefficient (Wildman–Crippen LogP) is 2.54. The maximum absolute atomic E-state index is 5.85. The monoisotopic (exact) mass is 232 g/mol. The van der Waals surface area contributed by atoms with Crippen LogP contribution in [0.3, 0.4) is 0 Å². The van der Waals surface area contributed by atoms with E-state index in [1.165, 1.54) is 31.2 Å². The van der Waals surface area contributed by atoms with Gasteiger partial charge in [-0.3, -0.25) is 0 Å². The van der Waals surface area contributed by atoms with Crippen LogP contribution in [0, 0.1) is 11.8 Å². The summed E-state index contributed by atoms with van der Waals surface area (Å²) in [5.41, 5.74) is 7.22. The molecule has 2 unspecified atom stereocenters. The number of benzene rings is 1. The molecule has 2 atom stereocenters. The molecule has 1 aliphatic carbocycles. The number of nitrogens with one attached hydrogen (secondary N) is 1. The van der Waals surface area contributed by atoms with Crippen LogP contribution in [0.4, 0.5) is 0 Å². The Morgan fingerprint density at radius 3 is 2.47 bits per heavy atom. The first-order chi connectivity index (χ1) is 8.40. The molecule has 0 heterocycles. The van der Waals surface area contributed by atoms with Gasteiger partial charge in [-0.15, -0.1) is 0 Å². The lowest BCUT2D eigenvalue weighted by molar-refractivity contribution is 0.235. The molecule has 2 heteroatoms. The molecule has 1 saturated carbocycles. The minimum Gasteiger partial charge on any atom is -0.330 e. The van der Waals surface area contributed by atoms with Crippen LogP contribution in [0.5, 0.6) is 0 Å². The van der Waals surface area contributed by atoms with Crippen molar-refractivity contribution >= 4 is 0 Å². The highest BCUT2D eigenvalue weighted by atomic mass is 14.9. The molecule has 0 spiro atoms. The highest BCUT2D eigenvalue weighted by Crippen LogP contribution is 2.28. The van der Waals surface area contributed by atoms with Gasteiger partial charge in [0, 0.05) is 6.54 Å². The summed E-state index contributed by atoms with van der Waals surface area (Å²) in [5, 5.41) is 3.58. The second-order valence-electron chi connectivity index (χ2n) is 5.16. The van der Waals surface area contributed by atoms with E-state index in [0.717, 1.165) is 31.5 Å². The van der Waals surface area contributed by atoms with Crippen molar-refractivity contribution in [2.24, 2.45) is 17.6 Å². The molecule has 3 N–H and O–H groups in total. The predicted molar refractivity (Wildman–Crippen MR) is 72.7 cm³/mol. The Hall–Kier alpha value is -0.860. The molecule has 94 valence electrons. The third-order valence-electron chi connectivity index (χ3n) is 3.95. The average Bonchev–Trinajstić information content (AvgIpc) is 2.40. The average molecular weight is 232 g/mol. The van der Waals surface area contributed by atoms with Crippen molar-refractivity contribution in [1.29, 1.82) is 0 Å². The van der Waals surface area contributed by atoms with Gasteiger partial charge in [0.15, 0.2) is 0 Å². The fraction of sp³-hybridized carbons (Fsp3) is 0.600. The summed E-state index contributed by atoms with van der Waals surface area (Å²) >= 11 is 0. The Labute approximate surface area is 105 Å². The van der Waals surface area contributed by atoms with Gasteiger partial charge in [-0.25, -0.2) is 0 Å². The molecule has 2 nitrogen and oxygen atoms in total. The van der Waals surface area contributed by atoms with E-state index in [1.807, 2.05) is 0 Å². The van der Waals surface area contributed by atoms with Crippen LogP contribution in [-0.2, 0) is 6.54 Å². The maximum atomic E-state index is 5.85. The van der Waals surface area contributed by atoms with E-state index < -0.39 is 0 Å². The Morgan fingerprint density at radius 1 is 1.06 bits per heavy atom. The van der Waals surface area contributed by atoms with Crippen molar-refractivity contribution in [3.05, 3.63) is 35.9 Å². The minimum atomic E-state index is 0.743. The number of hydrogen-bond donors (Lipinski definition) is 2. The maximum Gasteiger partial charge on any atom is 0.0205 e. The topological polar surface area (TPSA) is 38.0 Å². The first kappa shape index (κ1) is 12.6. The van der Waals surface area contributed by atoms with Crippen LogP contribution >= 0.6 is 0 Å². The Bertz CT molecular complexity index is 310. The lowest BCUT2D eigenvalue weighted by atomic mass is 9.79. The van der Waals surface area contributed by atoms with Crippen molar-refractivity contribution in [1.82, 2.24) is 5.32 Å². The highest BCUT2D eigenvalue weighted by Gasteiger charge is 2.23. The summed E-state index contributed by atoms with van der Waals surface area (Å²) in [4.78, 5) is 0. The van der Waals surface area contributed by atoms with E-state index in [-0.39, 0.29) is 0 Å². The van der Waals surface area contributed by atoms with E-state index in [1.54, 1.807) is 0 Å². The molecule has 1 aromatic carbocycles. The summed E-state index contributed by atoms with van der Waals surface area (Å²) in [7, 11) is 0. The van der Waals surface area contributed by atoms with Crippen molar-refractivity contribution in [2.75, 3.05) is 13.1 Å². The van der Waals surface area contributed by atoms with Crippen molar-refractivity contribution in [3.8, 4) is 0 Å². The zero-order valence-electron chi connectivity index (χ0n) is 10.6. The third kappa shape index (κ3) is 3.83. The third-order valence-corrected chi connectivity index (χ3v) is 3.95. The summed E-state index contributed by atoms with van der Waals surface area (Å²) in [5.74, 6) is 1.53. The van der Waals surface area contributed by atoms with Gasteiger partial charge in [-0.05, 0) is 43.3 Å². The molecule has 17 heavy (non-hydrogen) atoms. The standard InChI is InChI=1S/C15H24N2/c16-10-14-8-4-5-9-15(14)12-17-11-13-6-2-1-3-7-13/h1-3,6-7,14-15,17H,4-5,8-12,16H2. The van der Waals surface area contributed by atoms with Crippen molar-refractivity contribution in [3.63, 3.8) is 0 Å².